The highest BCUT2D eigenvalue weighted by atomic mass is 16.5. The lowest BCUT2D eigenvalue weighted by Crippen LogP contribution is -2.21. The number of anilines is 1. The molecular weight excluding hydrogens is 248 g/mol. The molecular formula is C12H18N4O3. The molecule has 1 heterocycles. The molecule has 0 aliphatic carbocycles. The van der Waals surface area contributed by atoms with Gasteiger partial charge in [-0.25, -0.2) is 10.4 Å². The molecule has 0 atom stereocenters. The highest BCUT2D eigenvalue weighted by Crippen LogP contribution is 2.00. The summed E-state index contributed by atoms with van der Waals surface area (Å²) in [5.74, 6) is -0.00940. The van der Waals surface area contributed by atoms with Crippen LogP contribution < -0.4 is 11.0 Å². The van der Waals surface area contributed by atoms with Gasteiger partial charge in [0.25, 0.3) is 5.56 Å². The summed E-state index contributed by atoms with van der Waals surface area (Å²) in [6.07, 6.45) is 0.0978. The average molecular weight is 266 g/mol. The van der Waals surface area contributed by atoms with Gasteiger partial charge in [-0.3, -0.25) is 14.2 Å². The predicted octanol–water partition coefficient (Wildman–Crippen LogP) is 0.830. The Morgan fingerprint density at radius 1 is 1.58 bits per heavy atom. The number of aryl methyl sites for hydroxylation is 1. The zero-order valence-electron chi connectivity index (χ0n) is 11.6. The van der Waals surface area contributed by atoms with Gasteiger partial charge in [-0.1, -0.05) is 0 Å². The van der Waals surface area contributed by atoms with Crippen molar-refractivity contribution in [3.05, 3.63) is 22.1 Å². The molecule has 1 N–H and O–H groups in total. The lowest BCUT2D eigenvalue weighted by Gasteiger charge is -2.07. The zero-order chi connectivity index (χ0) is 14.4. The summed E-state index contributed by atoms with van der Waals surface area (Å²) in [5.41, 5.74) is 3.65. The van der Waals surface area contributed by atoms with Crippen LogP contribution in [0.15, 0.2) is 16.0 Å². The first-order valence-electron chi connectivity index (χ1n) is 5.93. The van der Waals surface area contributed by atoms with Crippen molar-refractivity contribution in [3.8, 4) is 0 Å². The summed E-state index contributed by atoms with van der Waals surface area (Å²) in [5, 5.41) is 4.00. The molecule has 0 fully saturated rings. The van der Waals surface area contributed by atoms with Crippen LogP contribution in [0.4, 0.5) is 5.95 Å². The maximum absolute atomic E-state index is 11.5. The van der Waals surface area contributed by atoms with E-state index in [4.69, 9.17) is 4.74 Å². The van der Waals surface area contributed by atoms with Crippen molar-refractivity contribution >= 4 is 17.6 Å². The number of carbonyl (C=O) groups is 1. The Labute approximate surface area is 111 Å². The summed E-state index contributed by atoms with van der Waals surface area (Å²) in [7, 11) is 1.59. The third kappa shape index (κ3) is 4.53. The van der Waals surface area contributed by atoms with E-state index in [-0.39, 0.29) is 17.9 Å². The molecule has 0 saturated carbocycles. The normalized spacial score (nSPS) is 11.3. The van der Waals surface area contributed by atoms with Gasteiger partial charge in [0.1, 0.15) is 0 Å². The molecule has 0 spiro atoms. The quantitative estimate of drug-likeness (QED) is 0.484. The summed E-state index contributed by atoms with van der Waals surface area (Å²) in [6.45, 7) is 5.50. The van der Waals surface area contributed by atoms with E-state index in [9.17, 15) is 9.59 Å². The number of nitrogens with zero attached hydrogens (tertiary/aromatic N) is 3. The van der Waals surface area contributed by atoms with Crippen molar-refractivity contribution in [2.45, 2.75) is 27.2 Å². The van der Waals surface area contributed by atoms with E-state index in [1.54, 1.807) is 27.8 Å². The smallest absolute Gasteiger partial charge is 0.311 e. The fraction of sp³-hybridized carbons (Fsp3) is 0.500. The van der Waals surface area contributed by atoms with Crippen molar-refractivity contribution in [3.63, 3.8) is 0 Å². The minimum absolute atomic E-state index is 0.0978. The molecule has 0 aromatic carbocycles. The Balaban J connectivity index is 2.75. The maximum Gasteiger partial charge on any atom is 0.311 e. The molecule has 0 saturated heterocycles. The Kier molecular flexibility index (Phi) is 5.23. The Morgan fingerprint density at radius 3 is 2.89 bits per heavy atom. The van der Waals surface area contributed by atoms with E-state index in [2.05, 4.69) is 15.5 Å². The van der Waals surface area contributed by atoms with Gasteiger partial charge in [0.15, 0.2) is 0 Å². The number of esters is 1. The predicted molar refractivity (Wildman–Crippen MR) is 72.2 cm³/mol. The second-order valence-corrected chi connectivity index (χ2v) is 4.06. The Hall–Kier alpha value is -2.18. The Morgan fingerprint density at radius 2 is 2.26 bits per heavy atom. The number of rotatable bonds is 5. The molecule has 0 unspecified atom stereocenters. The third-order valence-electron chi connectivity index (χ3n) is 2.32. The molecule has 1 aromatic rings. The first-order valence-corrected chi connectivity index (χ1v) is 5.93. The molecule has 0 bridgehead atoms. The van der Waals surface area contributed by atoms with Crippen molar-refractivity contribution in [2.24, 2.45) is 12.1 Å². The number of hydrogen-bond acceptors (Lipinski definition) is 6. The molecule has 0 amide bonds. The number of aromatic nitrogens is 2. The molecule has 0 aliphatic rings. The molecule has 7 heteroatoms. The first-order chi connectivity index (χ1) is 8.93. The fourth-order valence-corrected chi connectivity index (χ4v) is 1.36. The van der Waals surface area contributed by atoms with Gasteiger partial charge < -0.3 is 4.74 Å². The van der Waals surface area contributed by atoms with Crippen LogP contribution in [0.5, 0.6) is 0 Å². The van der Waals surface area contributed by atoms with E-state index < -0.39 is 0 Å². The van der Waals surface area contributed by atoms with Crippen LogP contribution in [0.2, 0.25) is 0 Å². The van der Waals surface area contributed by atoms with Gasteiger partial charge in [-0.15, -0.1) is 0 Å². The second kappa shape index (κ2) is 6.67. The van der Waals surface area contributed by atoms with E-state index >= 15 is 0 Å². The summed E-state index contributed by atoms with van der Waals surface area (Å²) in [6, 6.07) is 1.43. The third-order valence-corrected chi connectivity index (χ3v) is 2.32. The minimum Gasteiger partial charge on any atom is -0.466 e. The summed E-state index contributed by atoms with van der Waals surface area (Å²) < 4.78 is 6.15. The number of hydrogen-bond donors (Lipinski definition) is 1. The molecule has 19 heavy (non-hydrogen) atoms. The second-order valence-electron chi connectivity index (χ2n) is 4.06. The number of ether oxygens (including phenoxy) is 1. The van der Waals surface area contributed by atoms with Crippen LogP contribution in [0.3, 0.4) is 0 Å². The number of carbonyl (C=O) groups excluding carboxylic acids is 1. The fourth-order valence-electron chi connectivity index (χ4n) is 1.36. The standard InChI is InChI=1S/C12H18N4O3/c1-5-19-11(18)7-9(3)14-15-12-13-8(2)6-10(17)16(12)4/h6H,5,7H2,1-4H3,(H,13,15). The van der Waals surface area contributed by atoms with Crippen LogP contribution >= 0.6 is 0 Å². The van der Waals surface area contributed by atoms with Gasteiger partial charge in [-0.2, -0.15) is 5.10 Å². The van der Waals surface area contributed by atoms with E-state index in [1.807, 2.05) is 0 Å². The van der Waals surface area contributed by atoms with Gasteiger partial charge in [0.2, 0.25) is 5.95 Å². The number of nitrogens with one attached hydrogen (secondary N) is 1. The van der Waals surface area contributed by atoms with Gasteiger partial charge in [-0.05, 0) is 20.8 Å². The molecule has 0 radical (unpaired) electrons. The Bertz CT molecular complexity index is 548. The van der Waals surface area contributed by atoms with Gasteiger partial charge >= 0.3 is 5.97 Å². The summed E-state index contributed by atoms with van der Waals surface area (Å²) >= 11 is 0. The SMILES string of the molecule is CCOC(=O)CC(C)=NNc1nc(C)cc(=O)n1C. The largest absolute Gasteiger partial charge is 0.466 e. The molecule has 0 aliphatic heterocycles. The van der Waals surface area contributed by atoms with Crippen LogP contribution in [0.25, 0.3) is 0 Å². The monoisotopic (exact) mass is 266 g/mol. The molecule has 7 nitrogen and oxygen atoms in total. The lowest BCUT2D eigenvalue weighted by molar-refractivity contribution is -0.141. The average Bonchev–Trinajstić information content (AvgIpc) is 2.32. The highest BCUT2D eigenvalue weighted by molar-refractivity contribution is 5.97. The first kappa shape index (κ1) is 14.9. The van der Waals surface area contributed by atoms with Gasteiger partial charge in [0.05, 0.1) is 13.0 Å². The van der Waals surface area contributed by atoms with E-state index in [0.29, 0.717) is 24.0 Å². The van der Waals surface area contributed by atoms with Crippen molar-refractivity contribution in [1.82, 2.24) is 9.55 Å². The zero-order valence-corrected chi connectivity index (χ0v) is 11.6. The molecule has 1 rings (SSSR count). The highest BCUT2D eigenvalue weighted by Gasteiger charge is 2.05. The number of hydrazone groups is 1. The van der Waals surface area contributed by atoms with Crippen molar-refractivity contribution in [1.29, 1.82) is 0 Å². The van der Waals surface area contributed by atoms with E-state index in [1.165, 1.54) is 10.6 Å². The van der Waals surface area contributed by atoms with Crippen LogP contribution in [0.1, 0.15) is 26.0 Å². The van der Waals surface area contributed by atoms with E-state index in [0.717, 1.165) is 0 Å². The topological polar surface area (TPSA) is 85.6 Å². The maximum atomic E-state index is 11.5. The minimum atomic E-state index is -0.336. The van der Waals surface area contributed by atoms with Crippen LogP contribution in [0, 0.1) is 6.92 Å². The van der Waals surface area contributed by atoms with Crippen LogP contribution in [-0.4, -0.2) is 27.8 Å². The molecule has 1 aromatic heterocycles. The molecule has 104 valence electrons. The van der Waals surface area contributed by atoms with Gasteiger partial charge in [0, 0.05) is 24.5 Å². The summed E-state index contributed by atoms with van der Waals surface area (Å²) in [4.78, 5) is 26.9. The lowest BCUT2D eigenvalue weighted by atomic mass is 10.3. The van der Waals surface area contributed by atoms with Crippen LogP contribution in [-0.2, 0) is 16.6 Å². The van der Waals surface area contributed by atoms with Crippen molar-refractivity contribution < 1.29 is 9.53 Å². The van der Waals surface area contributed by atoms with Crippen molar-refractivity contribution in [2.75, 3.05) is 12.0 Å².